The second-order valence-corrected chi connectivity index (χ2v) is 5.74. The molecule has 1 aromatic carbocycles. The highest BCUT2D eigenvalue weighted by Gasteiger charge is 2.02. The summed E-state index contributed by atoms with van der Waals surface area (Å²) in [4.78, 5) is 23.1. The van der Waals surface area contributed by atoms with Gasteiger partial charge in [-0.25, -0.2) is 9.59 Å². The zero-order valence-electron chi connectivity index (χ0n) is 14.8. The van der Waals surface area contributed by atoms with Gasteiger partial charge < -0.3 is 21.3 Å². The average Bonchev–Trinajstić information content (AvgIpc) is 2.59. The van der Waals surface area contributed by atoms with Gasteiger partial charge >= 0.3 is 12.1 Å². The van der Waals surface area contributed by atoms with Crippen molar-refractivity contribution in [3.05, 3.63) is 35.4 Å². The maximum Gasteiger partial charge on any atom is 0.315 e. The minimum absolute atomic E-state index is 0.141. The van der Waals surface area contributed by atoms with Crippen LogP contribution in [0.15, 0.2) is 24.3 Å². The molecule has 0 saturated heterocycles. The Morgan fingerprint density at radius 3 is 1.42 bits per heavy atom. The molecule has 0 fully saturated rings. The van der Waals surface area contributed by atoms with Gasteiger partial charge in [0.1, 0.15) is 0 Å². The van der Waals surface area contributed by atoms with Gasteiger partial charge in [0, 0.05) is 26.2 Å². The standard InChI is InChI=1S/C18H30N4O2/c1-3-5-11-19-17(23)21-13-15-7-9-16(10-8-15)14-22-18(24)20-12-6-4-2/h7-10H,3-6,11-14H2,1-2H3,(H2,19,21,23)(H2,20,22,24). The third-order valence-corrected chi connectivity index (χ3v) is 3.56. The van der Waals surface area contributed by atoms with Gasteiger partial charge in [0.05, 0.1) is 0 Å². The van der Waals surface area contributed by atoms with E-state index in [0.717, 1.165) is 36.8 Å². The molecule has 0 heterocycles. The molecule has 0 atom stereocenters. The summed E-state index contributed by atoms with van der Waals surface area (Å²) in [6.07, 6.45) is 4.10. The van der Waals surface area contributed by atoms with Crippen molar-refractivity contribution in [1.82, 2.24) is 21.3 Å². The van der Waals surface area contributed by atoms with Crippen LogP contribution >= 0.6 is 0 Å². The van der Waals surface area contributed by atoms with E-state index in [4.69, 9.17) is 0 Å². The van der Waals surface area contributed by atoms with Gasteiger partial charge in [-0.1, -0.05) is 51.0 Å². The van der Waals surface area contributed by atoms with E-state index in [1.165, 1.54) is 0 Å². The van der Waals surface area contributed by atoms with Gasteiger partial charge in [-0.2, -0.15) is 0 Å². The Labute approximate surface area is 144 Å². The van der Waals surface area contributed by atoms with Gasteiger partial charge in [-0.3, -0.25) is 0 Å². The second kappa shape index (κ2) is 12.2. The molecule has 1 aromatic rings. The summed E-state index contributed by atoms with van der Waals surface area (Å²) in [7, 11) is 0. The fraction of sp³-hybridized carbons (Fsp3) is 0.556. The van der Waals surface area contributed by atoms with E-state index in [-0.39, 0.29) is 12.1 Å². The van der Waals surface area contributed by atoms with Crippen LogP contribution in [0.3, 0.4) is 0 Å². The summed E-state index contributed by atoms with van der Waals surface area (Å²) in [6, 6.07) is 7.55. The van der Waals surface area contributed by atoms with Crippen LogP contribution in [0.4, 0.5) is 9.59 Å². The van der Waals surface area contributed by atoms with Gasteiger partial charge in [0.25, 0.3) is 0 Å². The van der Waals surface area contributed by atoms with E-state index in [9.17, 15) is 9.59 Å². The molecule has 6 heteroatoms. The molecule has 0 aliphatic heterocycles. The van der Waals surface area contributed by atoms with Gasteiger partial charge in [0.15, 0.2) is 0 Å². The molecule has 6 nitrogen and oxygen atoms in total. The van der Waals surface area contributed by atoms with Crippen LogP contribution < -0.4 is 21.3 Å². The lowest BCUT2D eigenvalue weighted by molar-refractivity contribution is 0.239. The normalized spacial score (nSPS) is 10.1. The fourth-order valence-corrected chi connectivity index (χ4v) is 2.02. The molecular weight excluding hydrogens is 304 g/mol. The molecule has 0 bridgehead atoms. The largest absolute Gasteiger partial charge is 0.338 e. The first-order valence-electron chi connectivity index (χ1n) is 8.77. The third kappa shape index (κ3) is 9.02. The molecule has 4 amide bonds. The number of urea groups is 2. The number of carbonyl (C=O) groups is 2. The Bertz CT molecular complexity index is 443. The summed E-state index contributed by atoms with van der Waals surface area (Å²) in [6.45, 7) is 6.56. The molecular formula is C18H30N4O2. The molecule has 0 aliphatic carbocycles. The molecule has 0 aromatic heterocycles. The first kappa shape index (κ1) is 19.8. The Kier molecular flexibility index (Phi) is 10.1. The highest BCUT2D eigenvalue weighted by atomic mass is 16.2. The van der Waals surface area contributed by atoms with E-state index in [1.54, 1.807) is 0 Å². The number of benzene rings is 1. The smallest absolute Gasteiger partial charge is 0.315 e. The molecule has 0 radical (unpaired) electrons. The number of carbonyl (C=O) groups excluding carboxylic acids is 2. The van der Waals surface area contributed by atoms with E-state index >= 15 is 0 Å². The molecule has 0 spiro atoms. The summed E-state index contributed by atoms with van der Waals surface area (Å²) in [5, 5.41) is 11.3. The fourth-order valence-electron chi connectivity index (χ4n) is 2.02. The van der Waals surface area contributed by atoms with Crippen molar-refractivity contribution in [2.75, 3.05) is 13.1 Å². The van der Waals surface area contributed by atoms with Crippen LogP contribution in [0.2, 0.25) is 0 Å². The van der Waals surface area contributed by atoms with Crippen LogP contribution in [0.5, 0.6) is 0 Å². The molecule has 134 valence electrons. The molecule has 0 unspecified atom stereocenters. The van der Waals surface area contributed by atoms with Gasteiger partial charge in [-0.15, -0.1) is 0 Å². The second-order valence-electron chi connectivity index (χ2n) is 5.74. The Morgan fingerprint density at radius 1 is 0.708 bits per heavy atom. The van der Waals surface area contributed by atoms with Crippen LogP contribution in [-0.2, 0) is 13.1 Å². The zero-order valence-corrected chi connectivity index (χ0v) is 14.8. The first-order valence-corrected chi connectivity index (χ1v) is 8.77. The lowest BCUT2D eigenvalue weighted by Gasteiger charge is -2.09. The SMILES string of the molecule is CCCCNC(=O)NCc1ccc(CNC(=O)NCCCC)cc1. The number of amides is 4. The van der Waals surface area contributed by atoms with E-state index in [0.29, 0.717) is 26.2 Å². The zero-order chi connectivity index (χ0) is 17.6. The van der Waals surface area contributed by atoms with Crippen molar-refractivity contribution in [3.63, 3.8) is 0 Å². The Balaban J connectivity index is 2.25. The molecule has 0 aliphatic rings. The summed E-state index contributed by atoms with van der Waals surface area (Å²) in [5.74, 6) is 0. The van der Waals surface area contributed by atoms with Crippen molar-refractivity contribution in [2.45, 2.75) is 52.6 Å². The van der Waals surface area contributed by atoms with Crippen molar-refractivity contribution in [3.8, 4) is 0 Å². The van der Waals surface area contributed by atoms with Gasteiger partial charge in [-0.05, 0) is 24.0 Å². The maximum absolute atomic E-state index is 11.6. The number of rotatable bonds is 10. The maximum atomic E-state index is 11.6. The molecule has 1 rings (SSSR count). The average molecular weight is 334 g/mol. The number of nitrogens with one attached hydrogen (secondary N) is 4. The predicted molar refractivity (Wildman–Crippen MR) is 96.7 cm³/mol. The van der Waals surface area contributed by atoms with Crippen LogP contribution in [0.25, 0.3) is 0 Å². The van der Waals surface area contributed by atoms with Crippen molar-refractivity contribution in [2.24, 2.45) is 0 Å². The highest BCUT2D eigenvalue weighted by Crippen LogP contribution is 2.04. The number of hydrogen-bond acceptors (Lipinski definition) is 2. The molecule has 4 N–H and O–H groups in total. The van der Waals surface area contributed by atoms with E-state index in [2.05, 4.69) is 35.1 Å². The minimum atomic E-state index is -0.141. The van der Waals surface area contributed by atoms with Gasteiger partial charge in [0.2, 0.25) is 0 Å². The van der Waals surface area contributed by atoms with E-state index < -0.39 is 0 Å². The quantitative estimate of drug-likeness (QED) is 0.496. The monoisotopic (exact) mass is 334 g/mol. The third-order valence-electron chi connectivity index (χ3n) is 3.56. The lowest BCUT2D eigenvalue weighted by atomic mass is 10.1. The molecule has 24 heavy (non-hydrogen) atoms. The van der Waals surface area contributed by atoms with Crippen LogP contribution in [0, 0.1) is 0 Å². The summed E-state index contributed by atoms with van der Waals surface area (Å²) in [5.41, 5.74) is 2.05. The molecule has 0 saturated carbocycles. The van der Waals surface area contributed by atoms with Crippen LogP contribution in [-0.4, -0.2) is 25.2 Å². The number of unbranched alkanes of at least 4 members (excludes halogenated alkanes) is 2. The highest BCUT2D eigenvalue weighted by molar-refractivity contribution is 5.74. The topological polar surface area (TPSA) is 82.3 Å². The van der Waals surface area contributed by atoms with Crippen LogP contribution in [0.1, 0.15) is 50.7 Å². The predicted octanol–water partition coefficient (Wildman–Crippen LogP) is 2.89. The summed E-state index contributed by atoms with van der Waals surface area (Å²) >= 11 is 0. The van der Waals surface area contributed by atoms with Crippen molar-refractivity contribution in [1.29, 1.82) is 0 Å². The van der Waals surface area contributed by atoms with Crippen molar-refractivity contribution >= 4 is 12.1 Å². The Hall–Kier alpha value is -2.24. The van der Waals surface area contributed by atoms with Crippen molar-refractivity contribution < 1.29 is 9.59 Å². The Morgan fingerprint density at radius 2 is 1.08 bits per heavy atom. The minimum Gasteiger partial charge on any atom is -0.338 e. The van der Waals surface area contributed by atoms with E-state index in [1.807, 2.05) is 24.3 Å². The number of hydrogen-bond donors (Lipinski definition) is 4. The summed E-state index contributed by atoms with van der Waals surface area (Å²) < 4.78 is 0. The first-order chi connectivity index (χ1) is 11.7. The lowest BCUT2D eigenvalue weighted by Crippen LogP contribution is -2.35.